The van der Waals surface area contributed by atoms with Gasteiger partial charge in [0.1, 0.15) is 17.1 Å². The Balaban J connectivity index is 1.70. The topological polar surface area (TPSA) is 77.8 Å². The number of amides is 1. The molecule has 0 fully saturated rings. The third kappa shape index (κ3) is 5.00. The summed E-state index contributed by atoms with van der Waals surface area (Å²) >= 11 is 0. The number of furan rings is 1. The van der Waals surface area contributed by atoms with Crippen LogP contribution in [0.5, 0.6) is 5.75 Å². The van der Waals surface area contributed by atoms with Gasteiger partial charge < -0.3 is 19.2 Å². The molecule has 1 N–H and O–H groups in total. The Morgan fingerprint density at radius 2 is 1.78 bits per heavy atom. The summed E-state index contributed by atoms with van der Waals surface area (Å²) in [7, 11) is 1.31. The largest absolute Gasteiger partial charge is 0.493 e. The molecule has 0 aliphatic heterocycles. The van der Waals surface area contributed by atoms with Crippen LogP contribution in [0.15, 0.2) is 71.4 Å². The normalized spacial score (nSPS) is 11.4. The second-order valence-electron chi connectivity index (χ2n) is 8.23. The van der Waals surface area contributed by atoms with Gasteiger partial charge in [0.25, 0.3) is 0 Å². The number of hydrogen-bond donors (Lipinski definition) is 1. The van der Waals surface area contributed by atoms with Crippen LogP contribution < -0.4 is 10.1 Å². The number of anilines is 1. The summed E-state index contributed by atoms with van der Waals surface area (Å²) in [6, 6.07) is 14.6. The molecule has 1 heterocycles. The second kappa shape index (κ2) is 10.5. The Morgan fingerprint density at radius 1 is 1.08 bits per heavy atom. The summed E-state index contributed by atoms with van der Waals surface area (Å²) in [5.41, 5.74) is 5.50. The van der Waals surface area contributed by atoms with Crippen molar-refractivity contribution >= 4 is 34.1 Å². The smallest absolute Gasteiger partial charge is 0.337 e. The van der Waals surface area contributed by atoms with E-state index in [4.69, 9.17) is 13.9 Å². The summed E-state index contributed by atoms with van der Waals surface area (Å²) in [6.45, 7) is 6.08. The van der Waals surface area contributed by atoms with E-state index < -0.39 is 5.97 Å². The molecule has 0 bridgehead atoms. The molecular formula is C29H26FNO5. The highest BCUT2D eigenvalue weighted by atomic mass is 19.1. The molecule has 3 aromatic carbocycles. The Labute approximate surface area is 208 Å². The number of fused-ring (bicyclic) bond motifs is 1. The fourth-order valence-electron chi connectivity index (χ4n) is 4.05. The van der Waals surface area contributed by atoms with Crippen molar-refractivity contribution in [2.24, 2.45) is 0 Å². The van der Waals surface area contributed by atoms with Gasteiger partial charge in [-0.15, -0.1) is 0 Å². The standard InChI is InChI=1S/C29H26FNO5/c1-5-35-27-18(3)28-24(25(16-36-28)19-6-10-21(30)11-7-19)15-23(27)17(2)14-26(32)31-22-12-8-20(9-13-22)29(33)34-4/h6-16H,5H2,1-4H3,(H,31,32)/b17-14+. The van der Waals surface area contributed by atoms with Gasteiger partial charge >= 0.3 is 5.97 Å². The maximum absolute atomic E-state index is 13.5. The molecule has 36 heavy (non-hydrogen) atoms. The Bertz CT molecular complexity index is 1450. The summed E-state index contributed by atoms with van der Waals surface area (Å²) < 4.78 is 30.0. The fourth-order valence-corrected chi connectivity index (χ4v) is 4.05. The van der Waals surface area contributed by atoms with E-state index in [1.54, 1.807) is 42.7 Å². The van der Waals surface area contributed by atoms with E-state index in [-0.39, 0.29) is 11.7 Å². The number of carbonyl (C=O) groups excluding carboxylic acids is 2. The number of esters is 1. The van der Waals surface area contributed by atoms with Crippen LogP contribution in [-0.2, 0) is 9.53 Å². The van der Waals surface area contributed by atoms with Gasteiger partial charge in [-0.2, -0.15) is 0 Å². The number of methoxy groups -OCH3 is 1. The molecule has 0 saturated carbocycles. The van der Waals surface area contributed by atoms with Gasteiger partial charge in [-0.25, -0.2) is 9.18 Å². The van der Waals surface area contributed by atoms with Crippen molar-refractivity contribution in [2.75, 3.05) is 19.0 Å². The number of allylic oxidation sites excluding steroid dienone is 1. The van der Waals surface area contributed by atoms with Gasteiger partial charge in [-0.05, 0) is 74.4 Å². The SMILES string of the molecule is CCOc1c(/C(C)=C/C(=O)Nc2ccc(C(=O)OC)cc2)cc2c(-c3ccc(F)cc3)coc2c1C. The zero-order chi connectivity index (χ0) is 25.8. The van der Waals surface area contributed by atoms with Gasteiger partial charge in [0.05, 0.1) is 25.5 Å². The number of halogens is 1. The van der Waals surface area contributed by atoms with Gasteiger partial charge in [0, 0.05) is 33.8 Å². The van der Waals surface area contributed by atoms with Crippen molar-refractivity contribution in [3.05, 3.63) is 89.4 Å². The average molecular weight is 488 g/mol. The van der Waals surface area contributed by atoms with Crippen molar-refractivity contribution in [3.63, 3.8) is 0 Å². The van der Waals surface area contributed by atoms with Crippen LogP contribution in [0.4, 0.5) is 10.1 Å². The van der Waals surface area contributed by atoms with Crippen LogP contribution >= 0.6 is 0 Å². The number of ether oxygens (including phenoxy) is 2. The molecule has 4 aromatic rings. The number of carbonyl (C=O) groups is 2. The quantitative estimate of drug-likeness (QED) is 0.230. The van der Waals surface area contributed by atoms with E-state index in [0.29, 0.717) is 34.8 Å². The van der Waals surface area contributed by atoms with Gasteiger partial charge in [-0.3, -0.25) is 4.79 Å². The number of rotatable bonds is 7. The first-order valence-electron chi connectivity index (χ1n) is 11.4. The van der Waals surface area contributed by atoms with E-state index in [9.17, 15) is 14.0 Å². The monoisotopic (exact) mass is 487 g/mol. The lowest BCUT2D eigenvalue weighted by Gasteiger charge is -2.15. The molecule has 0 radical (unpaired) electrons. The summed E-state index contributed by atoms with van der Waals surface area (Å²) in [6.07, 6.45) is 3.14. The lowest BCUT2D eigenvalue weighted by atomic mass is 9.96. The summed E-state index contributed by atoms with van der Waals surface area (Å²) in [4.78, 5) is 24.4. The minimum absolute atomic E-state index is 0.313. The van der Waals surface area contributed by atoms with Crippen molar-refractivity contribution < 1.29 is 27.9 Å². The molecule has 0 aliphatic carbocycles. The number of aryl methyl sites for hydroxylation is 1. The third-order valence-electron chi connectivity index (χ3n) is 5.83. The second-order valence-corrected chi connectivity index (χ2v) is 8.23. The Morgan fingerprint density at radius 3 is 2.42 bits per heavy atom. The maximum Gasteiger partial charge on any atom is 0.337 e. The molecule has 0 saturated heterocycles. The highest BCUT2D eigenvalue weighted by Gasteiger charge is 2.19. The molecule has 0 unspecified atom stereocenters. The first-order valence-corrected chi connectivity index (χ1v) is 11.4. The highest BCUT2D eigenvalue weighted by molar-refractivity contribution is 6.06. The maximum atomic E-state index is 13.5. The zero-order valence-electron chi connectivity index (χ0n) is 20.5. The molecule has 1 aromatic heterocycles. The lowest BCUT2D eigenvalue weighted by molar-refractivity contribution is -0.111. The van der Waals surface area contributed by atoms with E-state index in [1.807, 2.05) is 26.8 Å². The molecule has 0 atom stereocenters. The molecule has 0 aliphatic rings. The molecule has 0 spiro atoms. The van der Waals surface area contributed by atoms with E-state index >= 15 is 0 Å². The summed E-state index contributed by atoms with van der Waals surface area (Å²) in [5, 5.41) is 3.64. The molecular weight excluding hydrogens is 461 g/mol. The molecule has 1 amide bonds. The molecule has 4 rings (SSSR count). The van der Waals surface area contributed by atoms with E-state index in [2.05, 4.69) is 5.32 Å². The predicted molar refractivity (Wildman–Crippen MR) is 138 cm³/mol. The van der Waals surface area contributed by atoms with Crippen LogP contribution in [0.1, 0.15) is 35.3 Å². The fraction of sp³-hybridized carbons (Fsp3) is 0.172. The Kier molecular flexibility index (Phi) is 7.20. The number of hydrogen-bond acceptors (Lipinski definition) is 5. The van der Waals surface area contributed by atoms with Gasteiger partial charge in [-0.1, -0.05) is 12.1 Å². The van der Waals surface area contributed by atoms with Crippen LogP contribution in [0.2, 0.25) is 0 Å². The predicted octanol–water partition coefficient (Wildman–Crippen LogP) is 6.77. The van der Waals surface area contributed by atoms with Crippen molar-refractivity contribution in [1.29, 1.82) is 0 Å². The molecule has 6 nitrogen and oxygen atoms in total. The van der Waals surface area contributed by atoms with Crippen molar-refractivity contribution in [3.8, 4) is 16.9 Å². The van der Waals surface area contributed by atoms with E-state index in [0.717, 1.165) is 27.6 Å². The average Bonchev–Trinajstić information content (AvgIpc) is 3.30. The van der Waals surface area contributed by atoms with Crippen molar-refractivity contribution in [1.82, 2.24) is 0 Å². The van der Waals surface area contributed by atoms with Crippen LogP contribution in [0.3, 0.4) is 0 Å². The first kappa shape index (κ1) is 24.7. The van der Waals surface area contributed by atoms with Crippen molar-refractivity contribution in [2.45, 2.75) is 20.8 Å². The number of benzene rings is 3. The van der Waals surface area contributed by atoms with Gasteiger partial charge in [0.2, 0.25) is 5.91 Å². The molecule has 7 heteroatoms. The highest BCUT2D eigenvalue weighted by Crippen LogP contribution is 2.40. The van der Waals surface area contributed by atoms with E-state index in [1.165, 1.54) is 25.3 Å². The van der Waals surface area contributed by atoms with Crippen LogP contribution in [0.25, 0.3) is 27.7 Å². The van der Waals surface area contributed by atoms with Gasteiger partial charge in [0.15, 0.2) is 0 Å². The summed E-state index contributed by atoms with van der Waals surface area (Å²) in [5.74, 6) is -0.456. The first-order chi connectivity index (χ1) is 17.3. The zero-order valence-corrected chi connectivity index (χ0v) is 20.5. The minimum Gasteiger partial charge on any atom is -0.493 e. The Hall–Kier alpha value is -4.39. The molecule has 184 valence electrons. The third-order valence-corrected chi connectivity index (χ3v) is 5.83. The van der Waals surface area contributed by atoms with Crippen LogP contribution in [-0.4, -0.2) is 25.6 Å². The lowest BCUT2D eigenvalue weighted by Crippen LogP contribution is -2.09. The number of nitrogens with one attached hydrogen (secondary N) is 1. The van der Waals surface area contributed by atoms with Crippen LogP contribution in [0, 0.1) is 12.7 Å². The minimum atomic E-state index is -0.447.